The highest BCUT2D eigenvalue weighted by Crippen LogP contribution is 2.30. The van der Waals surface area contributed by atoms with Gasteiger partial charge in [-0.2, -0.15) is 4.52 Å². The number of nitrogens with one attached hydrogen (secondary N) is 1. The Morgan fingerprint density at radius 1 is 1.23 bits per heavy atom. The van der Waals surface area contributed by atoms with Crippen LogP contribution in [0.4, 0.5) is 11.5 Å². The van der Waals surface area contributed by atoms with Gasteiger partial charge < -0.3 is 5.32 Å². The average molecular weight is 293 g/mol. The van der Waals surface area contributed by atoms with Crippen LogP contribution in [0.1, 0.15) is 18.7 Å². The van der Waals surface area contributed by atoms with Crippen molar-refractivity contribution in [2.45, 2.75) is 19.3 Å². The highest BCUT2D eigenvalue weighted by atomic mass is 16.1. The van der Waals surface area contributed by atoms with Gasteiger partial charge in [0.2, 0.25) is 0 Å². The molecule has 0 atom stereocenters. The van der Waals surface area contributed by atoms with Crippen molar-refractivity contribution >= 4 is 22.9 Å². The van der Waals surface area contributed by atoms with E-state index in [0.29, 0.717) is 12.2 Å². The van der Waals surface area contributed by atoms with Crippen molar-refractivity contribution in [3.8, 4) is 0 Å². The summed E-state index contributed by atoms with van der Waals surface area (Å²) in [4.78, 5) is 20.4. The lowest BCUT2D eigenvalue weighted by atomic mass is 10.2. The molecule has 110 valence electrons. The van der Waals surface area contributed by atoms with Gasteiger partial charge in [0.15, 0.2) is 11.5 Å². The first kappa shape index (κ1) is 12.9. The second kappa shape index (κ2) is 5.22. The summed E-state index contributed by atoms with van der Waals surface area (Å²) in [6.45, 7) is 0. The molecule has 1 aliphatic carbocycles. The molecule has 6 heteroatoms. The first-order valence-electron chi connectivity index (χ1n) is 7.34. The summed E-state index contributed by atoms with van der Waals surface area (Å²) < 4.78 is 1.73. The van der Waals surface area contributed by atoms with Gasteiger partial charge in [-0.05, 0) is 37.1 Å². The quantitative estimate of drug-likeness (QED) is 0.782. The molecule has 3 heterocycles. The second-order valence-corrected chi connectivity index (χ2v) is 5.49. The van der Waals surface area contributed by atoms with E-state index in [2.05, 4.69) is 20.4 Å². The molecule has 0 radical (unpaired) electrons. The van der Waals surface area contributed by atoms with E-state index >= 15 is 0 Å². The Hall–Kier alpha value is -2.76. The largest absolute Gasteiger partial charge is 0.340 e. The highest BCUT2D eigenvalue weighted by Gasteiger charge is 2.30. The van der Waals surface area contributed by atoms with Crippen LogP contribution in [0.2, 0.25) is 0 Å². The minimum absolute atomic E-state index is 0.237. The molecule has 0 aliphatic heterocycles. The molecular weight excluding hydrogens is 278 g/mol. The van der Waals surface area contributed by atoms with Crippen LogP contribution in [0, 0.1) is 5.92 Å². The fraction of sp³-hybridized carbons (Fsp3) is 0.250. The molecule has 6 nitrogen and oxygen atoms in total. The molecule has 22 heavy (non-hydrogen) atoms. The van der Waals surface area contributed by atoms with Gasteiger partial charge in [0, 0.05) is 24.0 Å². The lowest BCUT2D eigenvalue weighted by molar-refractivity contribution is -0.119. The zero-order chi connectivity index (χ0) is 14.9. The Kier molecular flexibility index (Phi) is 3.07. The average Bonchev–Trinajstić information content (AvgIpc) is 3.30. The van der Waals surface area contributed by atoms with Gasteiger partial charge in [-0.3, -0.25) is 9.78 Å². The number of hydrogen-bond acceptors (Lipinski definition) is 5. The number of carbonyl (C=O) groups is 1. The zero-order valence-electron chi connectivity index (χ0n) is 11.9. The van der Waals surface area contributed by atoms with Crippen molar-refractivity contribution in [1.82, 2.24) is 19.6 Å². The van der Waals surface area contributed by atoms with Crippen molar-refractivity contribution in [2.75, 3.05) is 5.32 Å². The van der Waals surface area contributed by atoms with Gasteiger partial charge >= 0.3 is 0 Å². The van der Waals surface area contributed by atoms with Crippen molar-refractivity contribution in [1.29, 1.82) is 0 Å². The van der Waals surface area contributed by atoms with E-state index in [1.165, 1.54) is 0 Å². The molecule has 1 aliphatic rings. The molecular formula is C16H15N5O. The van der Waals surface area contributed by atoms with Crippen LogP contribution in [-0.4, -0.2) is 25.4 Å². The number of fused-ring (bicyclic) bond motifs is 1. The number of anilines is 2. The summed E-state index contributed by atoms with van der Waals surface area (Å²) >= 11 is 0. The van der Waals surface area contributed by atoms with Crippen molar-refractivity contribution < 1.29 is 4.79 Å². The minimum Gasteiger partial charge on any atom is -0.340 e. The summed E-state index contributed by atoms with van der Waals surface area (Å²) in [6.07, 6.45) is 5.80. The third kappa shape index (κ3) is 2.55. The number of pyridine rings is 2. The maximum Gasteiger partial charge on any atom is 0.159 e. The van der Waals surface area contributed by atoms with E-state index in [4.69, 9.17) is 0 Å². The molecule has 1 N–H and O–H groups in total. The van der Waals surface area contributed by atoms with Gasteiger partial charge in [0.1, 0.15) is 11.6 Å². The summed E-state index contributed by atoms with van der Waals surface area (Å²) in [6, 6.07) is 9.49. The standard InChI is InChI=1S/C16H15N5O/c22-13(11-4-5-11)10-14-19-16-3-1-2-15(21(16)20-14)18-12-6-8-17-9-7-12/h1-3,6-9,11H,4-5,10H2,(H,17,18). The molecule has 4 rings (SSSR count). The molecule has 1 fully saturated rings. The van der Waals surface area contributed by atoms with Crippen LogP contribution in [0.5, 0.6) is 0 Å². The number of rotatable bonds is 5. The molecule has 0 saturated heterocycles. The summed E-state index contributed by atoms with van der Waals surface area (Å²) in [5.74, 6) is 1.88. The molecule has 0 aromatic carbocycles. The smallest absolute Gasteiger partial charge is 0.159 e. The summed E-state index contributed by atoms with van der Waals surface area (Å²) in [5, 5.41) is 7.75. The molecule has 0 bridgehead atoms. The topological polar surface area (TPSA) is 72.2 Å². The maximum atomic E-state index is 11.9. The van der Waals surface area contributed by atoms with Gasteiger partial charge in [0.05, 0.1) is 6.42 Å². The fourth-order valence-electron chi connectivity index (χ4n) is 2.41. The molecule has 3 aromatic rings. The number of ketones is 1. The van der Waals surface area contributed by atoms with Crippen molar-refractivity contribution in [3.63, 3.8) is 0 Å². The number of Topliss-reactive ketones (excluding diaryl/α,β-unsaturated/α-hetero) is 1. The van der Waals surface area contributed by atoms with E-state index in [1.54, 1.807) is 16.9 Å². The van der Waals surface area contributed by atoms with Crippen LogP contribution < -0.4 is 5.32 Å². The summed E-state index contributed by atoms with van der Waals surface area (Å²) in [7, 11) is 0. The minimum atomic E-state index is 0.237. The lowest BCUT2D eigenvalue weighted by Crippen LogP contribution is -2.06. The third-order valence-electron chi connectivity index (χ3n) is 3.72. The van der Waals surface area contributed by atoms with Gasteiger partial charge in [0.25, 0.3) is 0 Å². The third-order valence-corrected chi connectivity index (χ3v) is 3.72. The monoisotopic (exact) mass is 293 g/mol. The van der Waals surface area contributed by atoms with E-state index < -0.39 is 0 Å². The Morgan fingerprint density at radius 2 is 2.05 bits per heavy atom. The Balaban J connectivity index is 1.64. The normalized spacial score (nSPS) is 14.2. The predicted octanol–water partition coefficient (Wildman–Crippen LogP) is 2.39. The number of nitrogens with zero attached hydrogens (tertiary/aromatic N) is 4. The van der Waals surface area contributed by atoms with Crippen molar-refractivity contribution in [2.24, 2.45) is 5.92 Å². The number of hydrogen-bond donors (Lipinski definition) is 1. The maximum absolute atomic E-state index is 11.9. The molecule has 1 saturated carbocycles. The van der Waals surface area contributed by atoms with E-state index in [9.17, 15) is 4.79 Å². The van der Waals surface area contributed by atoms with E-state index in [-0.39, 0.29) is 11.7 Å². The van der Waals surface area contributed by atoms with Gasteiger partial charge in [-0.1, -0.05) is 6.07 Å². The van der Waals surface area contributed by atoms with Crippen LogP contribution in [0.3, 0.4) is 0 Å². The zero-order valence-corrected chi connectivity index (χ0v) is 11.9. The number of carbonyl (C=O) groups excluding carboxylic acids is 1. The van der Waals surface area contributed by atoms with Crippen LogP contribution >= 0.6 is 0 Å². The lowest BCUT2D eigenvalue weighted by Gasteiger charge is -2.06. The van der Waals surface area contributed by atoms with Crippen LogP contribution in [0.15, 0.2) is 42.7 Å². The van der Waals surface area contributed by atoms with Crippen molar-refractivity contribution in [3.05, 3.63) is 48.5 Å². The second-order valence-electron chi connectivity index (χ2n) is 5.49. The molecule has 0 unspecified atom stereocenters. The SMILES string of the molecule is O=C(Cc1nc2cccc(Nc3ccncc3)n2n1)C1CC1. The molecule has 0 spiro atoms. The first-order chi connectivity index (χ1) is 10.8. The van der Waals surface area contributed by atoms with Gasteiger partial charge in [-0.25, -0.2) is 4.98 Å². The first-order valence-corrected chi connectivity index (χ1v) is 7.34. The fourth-order valence-corrected chi connectivity index (χ4v) is 2.41. The van der Waals surface area contributed by atoms with Crippen LogP contribution in [-0.2, 0) is 11.2 Å². The van der Waals surface area contributed by atoms with Crippen LogP contribution in [0.25, 0.3) is 5.65 Å². The number of aromatic nitrogens is 4. The molecule has 3 aromatic heterocycles. The Bertz CT molecular complexity index is 823. The van der Waals surface area contributed by atoms with Gasteiger partial charge in [-0.15, -0.1) is 5.10 Å². The van der Waals surface area contributed by atoms with E-state index in [0.717, 1.165) is 30.0 Å². The predicted molar refractivity (Wildman–Crippen MR) is 81.9 cm³/mol. The Labute approximate surface area is 127 Å². The Morgan fingerprint density at radius 3 is 2.82 bits per heavy atom. The van der Waals surface area contributed by atoms with E-state index in [1.807, 2.05) is 30.3 Å². The summed E-state index contributed by atoms with van der Waals surface area (Å²) in [5.41, 5.74) is 1.66. The highest BCUT2D eigenvalue weighted by molar-refractivity contribution is 5.84. The molecule has 0 amide bonds.